The van der Waals surface area contributed by atoms with Crippen LogP contribution in [0, 0.1) is 19.8 Å². The van der Waals surface area contributed by atoms with Crippen LogP contribution in [-0.2, 0) is 9.47 Å². The summed E-state index contributed by atoms with van der Waals surface area (Å²) in [5, 5.41) is 0. The monoisotopic (exact) mass is 513 g/mol. The average molecular weight is 514 g/mol. The third kappa shape index (κ3) is 5.39. The van der Waals surface area contributed by atoms with Crippen molar-refractivity contribution in [1.82, 2.24) is 0 Å². The minimum atomic E-state index is -0.783. The first kappa shape index (κ1) is 26.5. The van der Waals surface area contributed by atoms with Gasteiger partial charge in [0.25, 0.3) is 11.8 Å². The Hall–Kier alpha value is -4.59. The second-order valence-electron chi connectivity index (χ2n) is 9.56. The summed E-state index contributed by atoms with van der Waals surface area (Å²) in [6.45, 7) is 7.35. The number of hydrogen-bond acceptors (Lipinski definition) is 7. The number of Topliss-reactive ketones (excluding diaryl/α,β-unsaturated/α-hetero) is 1. The molecular weight excluding hydrogens is 486 g/mol. The number of ether oxygens (including phenoxy) is 2. The van der Waals surface area contributed by atoms with Crippen molar-refractivity contribution >= 4 is 35.2 Å². The minimum Gasteiger partial charge on any atom is -0.462 e. The number of fused-ring (bicyclic) bond motifs is 1. The van der Waals surface area contributed by atoms with Gasteiger partial charge in [0.05, 0.1) is 34.5 Å². The highest BCUT2D eigenvalue weighted by molar-refractivity contribution is 6.34. The van der Waals surface area contributed by atoms with Gasteiger partial charge in [-0.05, 0) is 73.9 Å². The molecule has 0 atom stereocenters. The number of imide groups is 1. The maximum Gasteiger partial charge on any atom is 0.338 e. The number of benzene rings is 3. The lowest BCUT2D eigenvalue weighted by Crippen LogP contribution is -2.29. The molecule has 3 aromatic rings. The van der Waals surface area contributed by atoms with Crippen molar-refractivity contribution in [2.24, 2.45) is 5.92 Å². The molecule has 0 unspecified atom stereocenters. The number of carbonyl (C=O) groups is 5. The Morgan fingerprint density at radius 3 is 2.08 bits per heavy atom. The lowest BCUT2D eigenvalue weighted by Gasteiger charge is -2.14. The molecule has 8 nitrogen and oxygen atoms in total. The Balaban J connectivity index is 1.46. The second-order valence-corrected chi connectivity index (χ2v) is 9.56. The van der Waals surface area contributed by atoms with Gasteiger partial charge < -0.3 is 9.47 Å². The number of ketones is 1. The molecule has 1 aliphatic heterocycles. The van der Waals surface area contributed by atoms with Crippen LogP contribution in [0.25, 0.3) is 0 Å². The lowest BCUT2D eigenvalue weighted by molar-refractivity contribution is 0.0457. The van der Waals surface area contributed by atoms with E-state index in [1.54, 1.807) is 13.0 Å². The van der Waals surface area contributed by atoms with Crippen LogP contribution in [0.2, 0.25) is 0 Å². The van der Waals surface area contributed by atoms with Crippen LogP contribution in [0.15, 0.2) is 60.7 Å². The highest BCUT2D eigenvalue weighted by Gasteiger charge is 2.37. The van der Waals surface area contributed by atoms with Gasteiger partial charge in [-0.1, -0.05) is 31.5 Å². The third-order valence-corrected chi connectivity index (χ3v) is 6.06. The zero-order valence-corrected chi connectivity index (χ0v) is 21.6. The van der Waals surface area contributed by atoms with Crippen molar-refractivity contribution in [2.75, 3.05) is 18.1 Å². The minimum absolute atomic E-state index is 0.0451. The number of aryl methyl sites for hydroxylation is 2. The molecule has 0 spiro atoms. The summed E-state index contributed by atoms with van der Waals surface area (Å²) in [5.74, 6) is -2.58. The highest BCUT2D eigenvalue weighted by Crippen LogP contribution is 2.29. The molecule has 38 heavy (non-hydrogen) atoms. The fourth-order valence-corrected chi connectivity index (χ4v) is 4.00. The summed E-state index contributed by atoms with van der Waals surface area (Å²) in [5.41, 5.74) is 2.97. The number of nitrogens with zero attached hydrogens (tertiary/aromatic N) is 1. The van der Waals surface area contributed by atoms with Gasteiger partial charge in [-0.15, -0.1) is 0 Å². The highest BCUT2D eigenvalue weighted by atomic mass is 16.5. The van der Waals surface area contributed by atoms with E-state index >= 15 is 0 Å². The van der Waals surface area contributed by atoms with Gasteiger partial charge in [-0.25, -0.2) is 14.5 Å². The van der Waals surface area contributed by atoms with Crippen LogP contribution < -0.4 is 4.90 Å². The van der Waals surface area contributed by atoms with E-state index < -0.39 is 30.4 Å². The van der Waals surface area contributed by atoms with E-state index in [0.29, 0.717) is 11.1 Å². The Kier molecular flexibility index (Phi) is 7.52. The Morgan fingerprint density at radius 2 is 1.39 bits per heavy atom. The van der Waals surface area contributed by atoms with Crippen molar-refractivity contribution in [3.8, 4) is 0 Å². The smallest absolute Gasteiger partial charge is 0.338 e. The summed E-state index contributed by atoms with van der Waals surface area (Å²) in [6.07, 6.45) is 0. The van der Waals surface area contributed by atoms with Crippen LogP contribution >= 0.6 is 0 Å². The molecule has 0 saturated carbocycles. The second kappa shape index (κ2) is 10.8. The van der Waals surface area contributed by atoms with Crippen molar-refractivity contribution in [3.63, 3.8) is 0 Å². The molecule has 8 heteroatoms. The van der Waals surface area contributed by atoms with Gasteiger partial charge in [0.1, 0.15) is 0 Å². The maximum atomic E-state index is 13.1. The molecule has 0 saturated heterocycles. The molecule has 194 valence electrons. The zero-order valence-electron chi connectivity index (χ0n) is 21.6. The van der Waals surface area contributed by atoms with Crippen LogP contribution in [0.5, 0.6) is 0 Å². The molecule has 1 aliphatic rings. The molecule has 4 rings (SSSR count). The maximum absolute atomic E-state index is 13.1. The molecule has 0 fully saturated rings. The first-order valence-electron chi connectivity index (χ1n) is 12.1. The summed E-state index contributed by atoms with van der Waals surface area (Å²) in [6, 6.07) is 15.4. The van der Waals surface area contributed by atoms with Crippen molar-refractivity contribution in [3.05, 3.63) is 99.6 Å². The van der Waals surface area contributed by atoms with Gasteiger partial charge in [0.2, 0.25) is 5.78 Å². The van der Waals surface area contributed by atoms with E-state index in [4.69, 9.17) is 9.47 Å². The van der Waals surface area contributed by atoms with Crippen LogP contribution in [0.3, 0.4) is 0 Å². The molecule has 0 N–H and O–H groups in total. The Labute approximate surface area is 220 Å². The molecule has 0 bridgehead atoms. The van der Waals surface area contributed by atoms with E-state index in [1.807, 2.05) is 32.9 Å². The van der Waals surface area contributed by atoms with E-state index in [-0.39, 0.29) is 40.7 Å². The fourth-order valence-electron chi connectivity index (χ4n) is 4.00. The normalized spacial score (nSPS) is 12.5. The van der Waals surface area contributed by atoms with Crippen molar-refractivity contribution < 1.29 is 33.4 Å². The SMILES string of the molecule is Cc1ccc(C)c(C(=O)COC(=O)c2ccc3c(c2)C(=O)N(c2ccc(C(=O)OCC(C)C)cc2)C3=O)c1. The van der Waals surface area contributed by atoms with Crippen molar-refractivity contribution in [1.29, 1.82) is 0 Å². The first-order chi connectivity index (χ1) is 18.1. The van der Waals surface area contributed by atoms with Crippen LogP contribution in [0.1, 0.15) is 76.8 Å². The quantitative estimate of drug-likeness (QED) is 0.238. The van der Waals surface area contributed by atoms with Gasteiger partial charge in [0.15, 0.2) is 6.61 Å². The summed E-state index contributed by atoms with van der Waals surface area (Å²) in [7, 11) is 0. The third-order valence-electron chi connectivity index (χ3n) is 6.06. The molecule has 1 heterocycles. The van der Waals surface area contributed by atoms with Crippen molar-refractivity contribution in [2.45, 2.75) is 27.7 Å². The van der Waals surface area contributed by atoms with Crippen LogP contribution in [-0.4, -0.2) is 42.7 Å². The summed E-state index contributed by atoms with van der Waals surface area (Å²) < 4.78 is 10.4. The molecule has 0 aliphatic carbocycles. The predicted octanol–water partition coefficient (Wildman–Crippen LogP) is 4.96. The largest absolute Gasteiger partial charge is 0.462 e. The molecule has 2 amide bonds. The van der Waals surface area contributed by atoms with E-state index in [1.165, 1.54) is 42.5 Å². The number of amides is 2. The molecular formula is C30H27NO7. The fraction of sp³-hybridized carbons (Fsp3) is 0.233. The molecule has 0 radical (unpaired) electrons. The topological polar surface area (TPSA) is 107 Å². The average Bonchev–Trinajstić information content (AvgIpc) is 3.16. The number of hydrogen-bond donors (Lipinski definition) is 0. The summed E-state index contributed by atoms with van der Waals surface area (Å²) >= 11 is 0. The van der Waals surface area contributed by atoms with Gasteiger partial charge >= 0.3 is 11.9 Å². The Bertz CT molecular complexity index is 1450. The summed E-state index contributed by atoms with van der Waals surface area (Å²) in [4.78, 5) is 64.4. The number of carbonyl (C=O) groups excluding carboxylic acids is 5. The molecule has 3 aromatic carbocycles. The van der Waals surface area contributed by atoms with E-state index in [0.717, 1.165) is 16.0 Å². The lowest BCUT2D eigenvalue weighted by atomic mass is 10.0. The van der Waals surface area contributed by atoms with Gasteiger partial charge in [-0.2, -0.15) is 0 Å². The van der Waals surface area contributed by atoms with E-state index in [9.17, 15) is 24.0 Å². The number of anilines is 1. The van der Waals surface area contributed by atoms with Gasteiger partial charge in [-0.3, -0.25) is 14.4 Å². The van der Waals surface area contributed by atoms with E-state index in [2.05, 4.69) is 0 Å². The number of esters is 2. The predicted molar refractivity (Wildman–Crippen MR) is 140 cm³/mol. The first-order valence-corrected chi connectivity index (χ1v) is 12.1. The van der Waals surface area contributed by atoms with Crippen LogP contribution in [0.4, 0.5) is 5.69 Å². The van der Waals surface area contributed by atoms with Gasteiger partial charge in [0, 0.05) is 5.56 Å². The Morgan fingerprint density at radius 1 is 0.763 bits per heavy atom. The standard InChI is InChI=1S/C30H27NO7/c1-17(2)15-37-29(35)20-7-10-22(11-8-20)31-27(33)23-12-9-21(14-25(23)28(31)34)30(36)38-16-26(32)24-13-18(3)5-6-19(24)4/h5-14,17H,15-16H2,1-4H3. The number of rotatable bonds is 8. The molecule has 0 aromatic heterocycles. The zero-order chi connectivity index (χ0) is 27.6.